The first-order valence-corrected chi connectivity index (χ1v) is 12.9. The van der Waals surface area contributed by atoms with Gasteiger partial charge in [0.25, 0.3) is 0 Å². The van der Waals surface area contributed by atoms with Gasteiger partial charge in [-0.2, -0.15) is 0 Å². The number of hydrogen-bond donors (Lipinski definition) is 4. The third-order valence-electron chi connectivity index (χ3n) is 7.48. The van der Waals surface area contributed by atoms with Gasteiger partial charge in [0, 0.05) is 41.7 Å². The number of esters is 1. The molecule has 1 aliphatic rings. The molecule has 0 amide bonds. The van der Waals surface area contributed by atoms with Crippen LogP contribution in [0.25, 0.3) is 33.4 Å². The highest BCUT2D eigenvalue weighted by atomic mass is 16.5. The zero-order chi connectivity index (χ0) is 27.6. The maximum absolute atomic E-state index is 12.6. The van der Waals surface area contributed by atoms with Crippen LogP contribution in [0.1, 0.15) is 27.6 Å². The molecule has 41 heavy (non-hydrogen) atoms. The van der Waals surface area contributed by atoms with Crippen LogP contribution < -0.4 is 10.9 Å². The van der Waals surface area contributed by atoms with E-state index in [0.717, 1.165) is 44.7 Å². The van der Waals surface area contributed by atoms with Crippen molar-refractivity contribution in [1.29, 1.82) is 0 Å². The topological polar surface area (TPSA) is 143 Å². The van der Waals surface area contributed by atoms with Crippen molar-refractivity contribution in [3.63, 3.8) is 0 Å². The molecule has 0 atom stereocenters. The molecule has 5 heterocycles. The van der Waals surface area contributed by atoms with Gasteiger partial charge in [0.1, 0.15) is 11.6 Å². The SMILES string of the molecule is COC(=O)c1ccc2c(c1)C(c1nc3ccc(-n4ccnc4)cc3[nH]1)(c1nc3ccc(-n4ccnc4)cc3[nH]1)NN2. The van der Waals surface area contributed by atoms with Gasteiger partial charge in [-0.3, -0.25) is 0 Å². The summed E-state index contributed by atoms with van der Waals surface area (Å²) < 4.78 is 8.89. The van der Waals surface area contributed by atoms with Crippen LogP contribution in [-0.2, 0) is 10.3 Å². The number of carbonyl (C=O) groups is 1. The van der Waals surface area contributed by atoms with E-state index in [2.05, 4.69) is 30.8 Å². The molecule has 0 saturated heterocycles. The second-order valence-corrected chi connectivity index (χ2v) is 9.77. The minimum atomic E-state index is -1.10. The Balaban J connectivity index is 1.35. The molecule has 0 spiro atoms. The highest BCUT2D eigenvalue weighted by Gasteiger charge is 2.48. The Morgan fingerprint density at radius 2 is 1.41 bits per heavy atom. The molecular formula is C29H22N10O2. The lowest BCUT2D eigenvalue weighted by molar-refractivity contribution is 0.0600. The summed E-state index contributed by atoms with van der Waals surface area (Å²) in [5, 5.41) is 0. The Morgan fingerprint density at radius 3 is 1.95 bits per heavy atom. The summed E-state index contributed by atoms with van der Waals surface area (Å²) in [6, 6.07) is 17.3. The average molecular weight is 543 g/mol. The molecule has 12 nitrogen and oxygen atoms in total. The summed E-state index contributed by atoms with van der Waals surface area (Å²) in [6.07, 6.45) is 10.8. The molecule has 0 bridgehead atoms. The Bertz CT molecular complexity index is 1960. The lowest BCUT2D eigenvalue weighted by Gasteiger charge is -2.25. The number of ether oxygens (including phenoxy) is 1. The van der Waals surface area contributed by atoms with Crippen LogP contribution in [0, 0.1) is 0 Å². The van der Waals surface area contributed by atoms with Crippen molar-refractivity contribution in [1.82, 2.24) is 44.5 Å². The van der Waals surface area contributed by atoms with Crippen LogP contribution in [0.3, 0.4) is 0 Å². The van der Waals surface area contributed by atoms with Crippen molar-refractivity contribution in [3.8, 4) is 11.4 Å². The molecule has 0 radical (unpaired) electrons. The van der Waals surface area contributed by atoms with Crippen LogP contribution in [0.15, 0.2) is 92.0 Å². The second kappa shape index (κ2) is 8.63. The number of anilines is 1. The van der Waals surface area contributed by atoms with Crippen LogP contribution in [0.2, 0.25) is 0 Å². The van der Waals surface area contributed by atoms with Crippen molar-refractivity contribution < 1.29 is 9.53 Å². The van der Waals surface area contributed by atoms with Crippen LogP contribution in [0.5, 0.6) is 0 Å². The first-order valence-electron chi connectivity index (χ1n) is 12.9. The largest absolute Gasteiger partial charge is 0.465 e. The number of imidazole rings is 4. The van der Waals surface area contributed by atoms with Gasteiger partial charge in [0.05, 0.1) is 53.1 Å². The average Bonchev–Trinajstić information content (AvgIpc) is 3.84. The van der Waals surface area contributed by atoms with Crippen molar-refractivity contribution in [2.75, 3.05) is 12.5 Å². The number of carbonyl (C=O) groups excluding carboxylic acids is 1. The number of nitrogens with one attached hydrogen (secondary N) is 4. The molecule has 0 saturated carbocycles. The summed E-state index contributed by atoms with van der Waals surface area (Å²) in [5.41, 5.74) is 12.7. The molecule has 1 aliphatic heterocycles. The summed E-state index contributed by atoms with van der Waals surface area (Å²) in [6.45, 7) is 0. The molecule has 12 heteroatoms. The van der Waals surface area contributed by atoms with Gasteiger partial charge < -0.3 is 29.3 Å². The standard InChI is InChI=1S/C29H22N10O2/c1-41-26(40)17-2-5-21-20(12-17)29(37-36-21,27-32-22-6-3-18(13-24(22)34-27)38-10-8-30-15-38)28-33-23-7-4-19(14-25(23)35-28)39-11-9-31-16-39/h2-16,36-37H,1H3,(H,32,34)(H,33,35). The number of rotatable bonds is 5. The van der Waals surface area contributed by atoms with Gasteiger partial charge in [0.15, 0.2) is 5.54 Å². The molecule has 0 fully saturated rings. The van der Waals surface area contributed by atoms with Gasteiger partial charge in [-0.15, -0.1) is 0 Å². The number of hydrogen-bond acceptors (Lipinski definition) is 8. The van der Waals surface area contributed by atoms with E-state index < -0.39 is 11.5 Å². The van der Waals surface area contributed by atoms with Gasteiger partial charge >= 0.3 is 5.97 Å². The Kier molecular flexibility index (Phi) is 4.87. The van der Waals surface area contributed by atoms with E-state index in [-0.39, 0.29) is 0 Å². The molecule has 4 N–H and O–H groups in total. The molecule has 7 aromatic rings. The highest BCUT2D eigenvalue weighted by Crippen LogP contribution is 2.43. The number of nitrogens with zero attached hydrogens (tertiary/aromatic N) is 6. The molecule has 0 unspecified atom stereocenters. The maximum Gasteiger partial charge on any atom is 0.337 e. The number of methoxy groups -OCH3 is 1. The lowest BCUT2D eigenvalue weighted by atomic mass is 9.88. The fourth-order valence-corrected chi connectivity index (χ4v) is 5.42. The number of aromatic amines is 2. The van der Waals surface area contributed by atoms with E-state index in [1.165, 1.54) is 7.11 Å². The molecule has 3 aromatic carbocycles. The van der Waals surface area contributed by atoms with Crippen LogP contribution in [0.4, 0.5) is 5.69 Å². The zero-order valence-corrected chi connectivity index (χ0v) is 21.7. The molecule has 4 aromatic heterocycles. The smallest absolute Gasteiger partial charge is 0.337 e. The predicted octanol–water partition coefficient (Wildman–Crippen LogP) is 3.82. The summed E-state index contributed by atoms with van der Waals surface area (Å²) in [4.78, 5) is 38.0. The molecule has 200 valence electrons. The number of benzene rings is 3. The van der Waals surface area contributed by atoms with E-state index in [1.54, 1.807) is 31.1 Å². The first-order chi connectivity index (χ1) is 20.1. The number of H-pyrrole nitrogens is 2. The Hall–Kier alpha value is -5.75. The second-order valence-electron chi connectivity index (χ2n) is 9.77. The maximum atomic E-state index is 12.6. The third kappa shape index (κ3) is 3.47. The monoisotopic (exact) mass is 542 g/mol. The summed E-state index contributed by atoms with van der Waals surface area (Å²) >= 11 is 0. The van der Waals surface area contributed by atoms with E-state index in [9.17, 15) is 4.79 Å². The van der Waals surface area contributed by atoms with Crippen molar-refractivity contribution in [3.05, 3.63) is 115 Å². The van der Waals surface area contributed by atoms with Gasteiger partial charge in [0.2, 0.25) is 0 Å². The number of hydrazine groups is 1. The van der Waals surface area contributed by atoms with Gasteiger partial charge in [-0.25, -0.2) is 30.2 Å². The zero-order valence-electron chi connectivity index (χ0n) is 21.7. The molecular weight excluding hydrogens is 520 g/mol. The summed E-state index contributed by atoms with van der Waals surface area (Å²) in [7, 11) is 1.37. The van der Waals surface area contributed by atoms with E-state index in [0.29, 0.717) is 17.2 Å². The lowest BCUT2D eigenvalue weighted by Crippen LogP contribution is -2.44. The number of fused-ring (bicyclic) bond motifs is 3. The van der Waals surface area contributed by atoms with Crippen molar-refractivity contribution >= 4 is 33.7 Å². The van der Waals surface area contributed by atoms with E-state index in [1.807, 2.05) is 70.1 Å². The predicted molar refractivity (Wildman–Crippen MR) is 151 cm³/mol. The fourth-order valence-electron chi connectivity index (χ4n) is 5.42. The van der Waals surface area contributed by atoms with Crippen molar-refractivity contribution in [2.45, 2.75) is 5.54 Å². The molecule has 8 rings (SSSR count). The minimum Gasteiger partial charge on any atom is -0.465 e. The quantitative estimate of drug-likeness (QED) is 0.241. The molecule has 0 aliphatic carbocycles. The van der Waals surface area contributed by atoms with E-state index >= 15 is 0 Å². The van der Waals surface area contributed by atoms with E-state index in [4.69, 9.17) is 14.7 Å². The first kappa shape index (κ1) is 23.2. The highest BCUT2D eigenvalue weighted by molar-refractivity contribution is 5.91. The van der Waals surface area contributed by atoms with Crippen LogP contribution >= 0.6 is 0 Å². The fraction of sp³-hybridized carbons (Fsp3) is 0.0690. The summed E-state index contributed by atoms with van der Waals surface area (Å²) in [5.74, 6) is 0.757. The third-order valence-corrected chi connectivity index (χ3v) is 7.48. The van der Waals surface area contributed by atoms with Crippen molar-refractivity contribution in [2.24, 2.45) is 0 Å². The number of aromatic nitrogens is 8. The van der Waals surface area contributed by atoms with Crippen LogP contribution in [-0.4, -0.2) is 52.1 Å². The van der Waals surface area contributed by atoms with Gasteiger partial charge in [-0.1, -0.05) is 0 Å². The minimum absolute atomic E-state index is 0.415. The Morgan fingerprint density at radius 1 is 0.805 bits per heavy atom. The normalized spacial score (nSPS) is 13.9. The Labute approximate surface area is 232 Å². The van der Waals surface area contributed by atoms with Gasteiger partial charge in [-0.05, 0) is 54.6 Å².